The Bertz CT molecular complexity index is 3210. The minimum atomic E-state index is -0.128. The van der Waals surface area contributed by atoms with Gasteiger partial charge in [0.2, 0.25) is 0 Å². The fourth-order valence-corrected chi connectivity index (χ4v) is 13.4. The maximum Gasteiger partial charge on any atom is 0.264 e. The molecule has 0 radical (unpaired) electrons. The van der Waals surface area contributed by atoms with Crippen LogP contribution in [0.5, 0.6) is 0 Å². The molecule has 356 valence electrons. The van der Waals surface area contributed by atoms with E-state index in [1.54, 1.807) is 0 Å². The van der Waals surface area contributed by atoms with E-state index in [4.69, 9.17) is 0 Å². The lowest BCUT2D eigenvalue weighted by Crippen LogP contribution is -2.60. The minimum absolute atomic E-state index is 0.00300. The fraction of sp³-hybridized carbons (Fsp3) is 0.415. The second kappa shape index (κ2) is 15.2. The summed E-state index contributed by atoms with van der Waals surface area (Å²) in [5.41, 5.74) is 22.7. The molecule has 0 atom stereocenters. The van der Waals surface area contributed by atoms with E-state index in [-0.39, 0.29) is 44.6 Å². The molecule has 0 amide bonds. The van der Waals surface area contributed by atoms with Crippen LogP contribution in [0.3, 0.4) is 0 Å². The highest BCUT2D eigenvalue weighted by atomic mass is 32.1. The van der Waals surface area contributed by atoms with Gasteiger partial charge >= 0.3 is 0 Å². The third kappa shape index (κ3) is 7.82. The zero-order chi connectivity index (χ0) is 49.9. The molecule has 4 heteroatoms. The number of anilines is 6. The zero-order valence-electron chi connectivity index (χ0n) is 45.5. The predicted molar refractivity (Wildman–Crippen MR) is 305 cm³/mol. The van der Waals surface area contributed by atoms with Gasteiger partial charge in [0.15, 0.2) is 0 Å². The highest BCUT2D eigenvalue weighted by Gasteiger charge is 2.48. The molecule has 3 aliphatic rings. The van der Waals surface area contributed by atoms with Crippen LogP contribution in [-0.2, 0) is 37.9 Å². The topological polar surface area (TPSA) is 6.48 Å². The van der Waals surface area contributed by atoms with Crippen molar-refractivity contribution in [1.29, 1.82) is 0 Å². The number of hydrogen-bond acceptors (Lipinski definition) is 3. The Labute approximate surface area is 420 Å². The highest BCUT2D eigenvalue weighted by Crippen LogP contribution is 2.55. The summed E-state index contributed by atoms with van der Waals surface area (Å²) in [6, 6.07) is 44.3. The molecule has 0 spiro atoms. The van der Waals surface area contributed by atoms with Gasteiger partial charge in [0.05, 0.1) is 11.4 Å². The van der Waals surface area contributed by atoms with Gasteiger partial charge in [0.1, 0.15) is 0 Å². The van der Waals surface area contributed by atoms with Crippen molar-refractivity contribution in [1.82, 2.24) is 0 Å². The van der Waals surface area contributed by atoms with Crippen LogP contribution in [0.15, 0.2) is 109 Å². The van der Waals surface area contributed by atoms with E-state index in [0.717, 1.165) is 6.42 Å². The number of fused-ring (bicyclic) bond motifs is 7. The summed E-state index contributed by atoms with van der Waals surface area (Å²) < 4.78 is 2.78. The second-order valence-corrected chi connectivity index (χ2v) is 28.6. The summed E-state index contributed by atoms with van der Waals surface area (Å²) in [7, 11) is 0. The van der Waals surface area contributed by atoms with Gasteiger partial charge < -0.3 is 9.80 Å². The van der Waals surface area contributed by atoms with E-state index in [1.807, 2.05) is 11.3 Å². The van der Waals surface area contributed by atoms with Crippen molar-refractivity contribution in [3.63, 3.8) is 0 Å². The molecule has 0 saturated heterocycles. The Morgan fingerprint density at radius 1 is 0.449 bits per heavy atom. The lowest BCUT2D eigenvalue weighted by atomic mass is 9.36. The molecule has 0 fully saturated rings. The van der Waals surface area contributed by atoms with Gasteiger partial charge in [-0.05, 0) is 154 Å². The zero-order valence-corrected chi connectivity index (χ0v) is 46.3. The third-order valence-electron chi connectivity index (χ3n) is 16.0. The standard InChI is InChI=1S/C65H77BN2S/c1-59(2,3)40-22-20-39(21-23-40)46-32-41(60(4,5)6)24-29-51(46)68-52-30-25-43(62(10,11)12)34-50(52)66-56-53(35-44(36-54(56)68)63(13,14)15)67(45-27-28-48-49(37-45)65(18,19)38-64(48,16)17)57-47-33-42(61(7,8)9)26-31-55(47)69-58(57)66/h20-37H,38H2,1-19H3. The van der Waals surface area contributed by atoms with Crippen molar-refractivity contribution in [2.24, 2.45) is 0 Å². The van der Waals surface area contributed by atoms with Crippen LogP contribution in [0.1, 0.15) is 177 Å². The van der Waals surface area contributed by atoms with Gasteiger partial charge in [-0.3, -0.25) is 0 Å². The summed E-state index contributed by atoms with van der Waals surface area (Å²) in [4.78, 5) is 5.40. The van der Waals surface area contributed by atoms with Crippen molar-refractivity contribution in [3.8, 4) is 11.1 Å². The maximum atomic E-state index is 2.72. The molecule has 6 aromatic carbocycles. The highest BCUT2D eigenvalue weighted by molar-refractivity contribution is 7.33. The van der Waals surface area contributed by atoms with Gasteiger partial charge in [-0.2, -0.15) is 0 Å². The molecule has 0 bridgehead atoms. The summed E-state index contributed by atoms with van der Waals surface area (Å²) in [5, 5.41) is 1.35. The van der Waals surface area contributed by atoms with E-state index in [9.17, 15) is 0 Å². The first kappa shape index (κ1) is 47.6. The predicted octanol–water partition coefficient (Wildman–Crippen LogP) is 17.1. The average molecular weight is 929 g/mol. The SMILES string of the molecule is CC(C)(C)c1ccc(-c2cc(C(C)(C)C)ccc2N2c3ccc(C(C)(C)C)cc3B3c4sc5ccc(C(C)(C)C)cc5c4N(c4ccc5c(c4)C(C)(C)CC5(C)C)c4cc(C(C)(C)C)cc2c43)cc1. The first-order chi connectivity index (χ1) is 31.8. The number of hydrogen-bond donors (Lipinski definition) is 0. The largest absolute Gasteiger partial charge is 0.311 e. The van der Waals surface area contributed by atoms with Crippen molar-refractivity contribution in [2.45, 2.75) is 176 Å². The first-order valence-electron chi connectivity index (χ1n) is 25.8. The molecule has 7 aromatic rings. The van der Waals surface area contributed by atoms with Crippen LogP contribution in [0.4, 0.5) is 34.1 Å². The Hall–Kier alpha value is -5.06. The first-order valence-corrected chi connectivity index (χ1v) is 26.6. The van der Waals surface area contributed by atoms with Crippen molar-refractivity contribution in [3.05, 3.63) is 148 Å². The Morgan fingerprint density at radius 3 is 1.55 bits per heavy atom. The molecular formula is C65H77BN2S. The molecule has 2 aliphatic heterocycles. The van der Waals surface area contributed by atoms with Crippen LogP contribution < -0.4 is 25.5 Å². The summed E-state index contributed by atoms with van der Waals surface area (Å²) in [6.07, 6.45) is 1.13. The normalized spacial score (nSPS) is 16.4. The van der Waals surface area contributed by atoms with Crippen molar-refractivity contribution >= 4 is 78.0 Å². The molecule has 0 unspecified atom stereocenters. The van der Waals surface area contributed by atoms with Crippen molar-refractivity contribution in [2.75, 3.05) is 9.80 Å². The lowest BCUT2D eigenvalue weighted by molar-refractivity contribution is 0.403. The van der Waals surface area contributed by atoms with Gasteiger partial charge in [-0.25, -0.2) is 0 Å². The molecule has 1 aromatic heterocycles. The van der Waals surface area contributed by atoms with Crippen LogP contribution >= 0.6 is 11.3 Å². The Balaban J connectivity index is 1.36. The summed E-state index contributed by atoms with van der Waals surface area (Å²) >= 11 is 2.01. The van der Waals surface area contributed by atoms with Crippen LogP contribution in [0.25, 0.3) is 21.2 Å². The summed E-state index contributed by atoms with van der Waals surface area (Å²) in [6.45, 7) is 45.1. The van der Waals surface area contributed by atoms with E-state index in [2.05, 4.69) is 251 Å². The molecule has 1 aliphatic carbocycles. The number of benzene rings is 6. The monoisotopic (exact) mass is 929 g/mol. The third-order valence-corrected chi connectivity index (χ3v) is 17.3. The molecule has 0 N–H and O–H groups in total. The van der Waals surface area contributed by atoms with Gasteiger partial charge in [0.25, 0.3) is 6.71 Å². The molecule has 10 rings (SSSR count). The van der Waals surface area contributed by atoms with E-state index >= 15 is 0 Å². The fourth-order valence-electron chi connectivity index (χ4n) is 12.1. The van der Waals surface area contributed by atoms with E-state index in [0.29, 0.717) is 0 Å². The maximum absolute atomic E-state index is 2.72. The van der Waals surface area contributed by atoms with Crippen LogP contribution in [0.2, 0.25) is 0 Å². The second-order valence-electron chi connectivity index (χ2n) is 27.6. The van der Waals surface area contributed by atoms with Gasteiger partial charge in [-0.15, -0.1) is 11.3 Å². The number of thiophene rings is 1. The van der Waals surface area contributed by atoms with Gasteiger partial charge in [0, 0.05) is 43.2 Å². The molecule has 3 heterocycles. The lowest BCUT2D eigenvalue weighted by Gasteiger charge is -2.45. The van der Waals surface area contributed by atoms with E-state index < -0.39 is 0 Å². The molecule has 0 saturated carbocycles. The molecule has 69 heavy (non-hydrogen) atoms. The van der Waals surface area contributed by atoms with Crippen molar-refractivity contribution < 1.29 is 0 Å². The van der Waals surface area contributed by atoms with E-state index in [1.165, 1.54) is 110 Å². The molecule has 2 nitrogen and oxygen atoms in total. The Morgan fingerprint density at radius 2 is 0.957 bits per heavy atom. The smallest absolute Gasteiger partial charge is 0.264 e. The minimum Gasteiger partial charge on any atom is -0.311 e. The number of nitrogens with zero attached hydrogens (tertiary/aromatic N) is 2. The van der Waals surface area contributed by atoms with Crippen LogP contribution in [0, 0.1) is 0 Å². The van der Waals surface area contributed by atoms with Gasteiger partial charge in [-0.1, -0.05) is 186 Å². The molecular weight excluding hydrogens is 852 g/mol. The van der Waals surface area contributed by atoms with Crippen LogP contribution in [-0.4, -0.2) is 6.71 Å². The quantitative estimate of drug-likeness (QED) is 0.163. The Kier molecular flexibility index (Phi) is 10.5. The average Bonchev–Trinajstić information content (AvgIpc) is 3.71. The summed E-state index contributed by atoms with van der Waals surface area (Å²) in [5.74, 6) is 0. The number of rotatable bonds is 3.